The molecule has 0 aromatic heterocycles. The van der Waals surface area contributed by atoms with Crippen LogP contribution in [0.3, 0.4) is 0 Å². The first kappa shape index (κ1) is 32.1. The predicted molar refractivity (Wildman–Crippen MR) is 139 cm³/mol. The monoisotopic (exact) mass is 492 g/mol. The molecule has 0 radical (unpaired) electrons. The van der Waals surface area contributed by atoms with E-state index in [1.54, 1.807) is 6.92 Å². The van der Waals surface area contributed by atoms with Crippen LogP contribution in [0.15, 0.2) is 24.3 Å². The summed E-state index contributed by atoms with van der Waals surface area (Å²) in [5.41, 5.74) is 1.76. The van der Waals surface area contributed by atoms with Crippen LogP contribution >= 0.6 is 0 Å². The highest BCUT2D eigenvalue weighted by Crippen LogP contribution is 2.11. The Labute approximate surface area is 210 Å². The van der Waals surface area contributed by atoms with Gasteiger partial charge in [-0.3, -0.25) is 19.2 Å². The van der Waals surface area contributed by atoms with Crippen molar-refractivity contribution in [3.63, 3.8) is 0 Å². The Balaban J connectivity index is 0.000000972. The molecule has 0 spiro atoms. The van der Waals surface area contributed by atoms with Crippen LogP contribution in [0.25, 0.3) is 0 Å². The highest BCUT2D eigenvalue weighted by molar-refractivity contribution is 5.90. The van der Waals surface area contributed by atoms with Gasteiger partial charge < -0.3 is 26.0 Å². The second-order valence-electron chi connectivity index (χ2n) is 8.07. The van der Waals surface area contributed by atoms with Crippen LogP contribution in [0.2, 0.25) is 0 Å². The maximum absolute atomic E-state index is 11.8. The first-order chi connectivity index (χ1) is 16.9. The molecular formula is C26H44N4O5. The van der Waals surface area contributed by atoms with Crippen LogP contribution in [0.1, 0.15) is 71.3 Å². The number of unbranched alkanes of at least 4 members (excludes halogenated alkanes) is 3. The molecule has 198 valence electrons. The van der Waals surface area contributed by atoms with Crippen molar-refractivity contribution in [2.75, 3.05) is 38.7 Å². The molecule has 35 heavy (non-hydrogen) atoms. The highest BCUT2D eigenvalue weighted by Gasteiger charge is 2.06. The fraction of sp³-hybridized carbons (Fsp3) is 0.615. The standard InChI is InChI=1S/C19H29N3O3.C7H15NO2/c1-3-5-6-13-20-19(25)14-21-18(24)12-9-15-7-10-16(11-8-15)22-17(23)4-2;1-3-4-5-8-7(9)6-10-2/h7-8,10-11H,3-6,9,12-14H2,1-2H3,(H,20,25)(H,21,24)(H,22,23);3-6H2,1-2H3,(H,8,9). The van der Waals surface area contributed by atoms with Gasteiger partial charge in [-0.25, -0.2) is 0 Å². The molecule has 1 aromatic rings. The molecule has 0 aliphatic heterocycles. The van der Waals surface area contributed by atoms with Gasteiger partial charge in [-0.15, -0.1) is 0 Å². The second kappa shape index (κ2) is 21.6. The Morgan fingerprint density at radius 1 is 0.743 bits per heavy atom. The molecule has 1 rings (SSSR count). The number of carbonyl (C=O) groups is 4. The molecule has 0 aliphatic carbocycles. The zero-order valence-corrected chi connectivity index (χ0v) is 21.8. The van der Waals surface area contributed by atoms with Gasteiger partial charge in [-0.2, -0.15) is 0 Å². The number of hydrogen-bond acceptors (Lipinski definition) is 5. The van der Waals surface area contributed by atoms with Crippen LogP contribution in [0.4, 0.5) is 5.69 Å². The smallest absolute Gasteiger partial charge is 0.245 e. The summed E-state index contributed by atoms with van der Waals surface area (Å²) in [5.74, 6) is -0.358. The highest BCUT2D eigenvalue weighted by atomic mass is 16.5. The van der Waals surface area contributed by atoms with Crippen molar-refractivity contribution in [1.82, 2.24) is 16.0 Å². The maximum atomic E-state index is 11.8. The van der Waals surface area contributed by atoms with E-state index in [1.165, 1.54) is 7.11 Å². The molecule has 0 saturated carbocycles. The minimum Gasteiger partial charge on any atom is -0.375 e. The second-order valence-corrected chi connectivity index (χ2v) is 8.07. The number of methoxy groups -OCH3 is 1. The van der Waals surface area contributed by atoms with Crippen LogP contribution < -0.4 is 21.3 Å². The Morgan fingerprint density at radius 3 is 1.97 bits per heavy atom. The van der Waals surface area contributed by atoms with E-state index in [2.05, 4.69) is 39.9 Å². The normalized spacial score (nSPS) is 9.94. The number of ether oxygens (including phenoxy) is 1. The topological polar surface area (TPSA) is 126 Å². The van der Waals surface area contributed by atoms with E-state index in [1.807, 2.05) is 24.3 Å². The Morgan fingerprint density at radius 2 is 1.37 bits per heavy atom. The van der Waals surface area contributed by atoms with Crippen molar-refractivity contribution in [2.45, 2.75) is 72.1 Å². The van der Waals surface area contributed by atoms with Crippen molar-refractivity contribution in [3.8, 4) is 0 Å². The lowest BCUT2D eigenvalue weighted by Gasteiger charge is -2.07. The molecule has 4 amide bonds. The van der Waals surface area contributed by atoms with Gasteiger partial charge in [0.05, 0.1) is 6.54 Å². The number of anilines is 1. The fourth-order valence-electron chi connectivity index (χ4n) is 2.78. The molecule has 1 aromatic carbocycles. The first-order valence-corrected chi connectivity index (χ1v) is 12.5. The van der Waals surface area contributed by atoms with Crippen molar-refractivity contribution >= 4 is 29.3 Å². The number of rotatable bonds is 16. The molecule has 9 heteroatoms. The van der Waals surface area contributed by atoms with E-state index in [0.29, 0.717) is 25.8 Å². The average Bonchev–Trinajstić information content (AvgIpc) is 2.85. The van der Waals surface area contributed by atoms with Crippen LogP contribution in [0.5, 0.6) is 0 Å². The number of hydrogen-bond donors (Lipinski definition) is 4. The number of benzene rings is 1. The van der Waals surface area contributed by atoms with E-state index >= 15 is 0 Å². The van der Waals surface area contributed by atoms with Gasteiger partial charge in [0, 0.05) is 38.7 Å². The minimum atomic E-state index is -0.152. The van der Waals surface area contributed by atoms with Crippen molar-refractivity contribution in [2.24, 2.45) is 0 Å². The lowest BCUT2D eigenvalue weighted by atomic mass is 10.1. The zero-order valence-electron chi connectivity index (χ0n) is 21.8. The largest absolute Gasteiger partial charge is 0.375 e. The molecule has 0 unspecified atom stereocenters. The molecule has 0 heterocycles. The predicted octanol–water partition coefficient (Wildman–Crippen LogP) is 2.94. The van der Waals surface area contributed by atoms with E-state index in [0.717, 1.165) is 49.9 Å². The van der Waals surface area contributed by atoms with E-state index in [-0.39, 0.29) is 36.8 Å². The summed E-state index contributed by atoms with van der Waals surface area (Å²) in [5, 5.41) is 10.9. The van der Waals surface area contributed by atoms with Gasteiger partial charge in [-0.05, 0) is 37.0 Å². The van der Waals surface area contributed by atoms with Crippen molar-refractivity contribution in [3.05, 3.63) is 29.8 Å². The van der Waals surface area contributed by atoms with Gasteiger partial charge in [0.1, 0.15) is 6.61 Å². The Kier molecular flexibility index (Phi) is 19.8. The average molecular weight is 493 g/mol. The SMILES string of the molecule is CCCCCNC(=O)CNC(=O)CCc1ccc(NC(=O)CC)cc1.CCCCNC(=O)COC. The van der Waals surface area contributed by atoms with Crippen molar-refractivity contribution in [1.29, 1.82) is 0 Å². The molecule has 0 atom stereocenters. The molecule has 4 N–H and O–H groups in total. The third kappa shape index (κ3) is 19.1. The van der Waals surface area contributed by atoms with Gasteiger partial charge in [0.15, 0.2) is 0 Å². The zero-order chi connectivity index (χ0) is 26.3. The summed E-state index contributed by atoms with van der Waals surface area (Å²) >= 11 is 0. The summed E-state index contributed by atoms with van der Waals surface area (Å²) < 4.78 is 4.62. The maximum Gasteiger partial charge on any atom is 0.245 e. The summed E-state index contributed by atoms with van der Waals surface area (Å²) in [4.78, 5) is 45.4. The number of amides is 4. The summed E-state index contributed by atoms with van der Waals surface area (Å²) in [6.45, 7) is 7.60. The van der Waals surface area contributed by atoms with Gasteiger partial charge in [0.25, 0.3) is 0 Å². The molecule has 0 bridgehead atoms. The first-order valence-electron chi connectivity index (χ1n) is 12.5. The van der Waals surface area contributed by atoms with Gasteiger partial charge in [-0.1, -0.05) is 52.2 Å². The van der Waals surface area contributed by atoms with Crippen molar-refractivity contribution < 1.29 is 23.9 Å². The summed E-state index contributed by atoms with van der Waals surface area (Å²) in [6, 6.07) is 7.42. The van der Waals surface area contributed by atoms with E-state index in [9.17, 15) is 19.2 Å². The number of carbonyl (C=O) groups excluding carboxylic acids is 4. The number of aryl methyl sites for hydroxylation is 1. The molecular weight excluding hydrogens is 448 g/mol. The van der Waals surface area contributed by atoms with E-state index in [4.69, 9.17) is 0 Å². The third-order valence-corrected chi connectivity index (χ3v) is 4.88. The van der Waals surface area contributed by atoms with Gasteiger partial charge in [0.2, 0.25) is 23.6 Å². The Bertz CT molecular complexity index is 738. The van der Waals surface area contributed by atoms with Crippen LogP contribution in [-0.2, 0) is 30.3 Å². The summed E-state index contributed by atoms with van der Waals surface area (Å²) in [7, 11) is 1.51. The minimum absolute atomic E-state index is 0.0208. The van der Waals surface area contributed by atoms with Crippen LogP contribution in [0, 0.1) is 0 Å². The van der Waals surface area contributed by atoms with Gasteiger partial charge >= 0.3 is 0 Å². The lowest BCUT2D eigenvalue weighted by molar-refractivity contribution is -0.126. The molecule has 0 saturated heterocycles. The summed E-state index contributed by atoms with van der Waals surface area (Å²) in [6.07, 6.45) is 6.66. The number of nitrogens with one attached hydrogen (secondary N) is 4. The van der Waals surface area contributed by atoms with Crippen LogP contribution in [-0.4, -0.2) is 57.0 Å². The van der Waals surface area contributed by atoms with E-state index < -0.39 is 0 Å². The quantitative estimate of drug-likeness (QED) is 0.264. The molecule has 0 fully saturated rings. The molecule has 0 aliphatic rings. The molecule has 9 nitrogen and oxygen atoms in total. The fourth-order valence-corrected chi connectivity index (χ4v) is 2.78. The third-order valence-electron chi connectivity index (χ3n) is 4.88. The Hall–Kier alpha value is -2.94. The lowest BCUT2D eigenvalue weighted by Crippen LogP contribution is -2.37.